The number of para-hydroxylation sites is 1. The fourth-order valence-corrected chi connectivity index (χ4v) is 4.00. The lowest BCUT2D eigenvalue weighted by atomic mass is 9.77. The number of hydrogen-bond acceptors (Lipinski definition) is 4. The van der Waals surface area contributed by atoms with Crippen molar-refractivity contribution < 1.29 is 4.74 Å². The number of ether oxygens (including phenoxy) is 1. The first-order valence-corrected chi connectivity index (χ1v) is 7.40. The third-order valence-corrected chi connectivity index (χ3v) is 4.99. The van der Waals surface area contributed by atoms with E-state index >= 15 is 0 Å². The van der Waals surface area contributed by atoms with Crippen LogP contribution in [0.2, 0.25) is 0 Å². The summed E-state index contributed by atoms with van der Waals surface area (Å²) in [7, 11) is 2.01. The molecule has 0 saturated heterocycles. The summed E-state index contributed by atoms with van der Waals surface area (Å²) in [6, 6.07) is 8.25. The molecule has 1 aromatic heterocycles. The number of rotatable bonds is 2. The largest absolute Gasteiger partial charge is 0.493 e. The molecule has 2 unspecified atom stereocenters. The average molecular weight is 274 g/mol. The van der Waals surface area contributed by atoms with Gasteiger partial charge in [0.1, 0.15) is 16.3 Å². The smallest absolute Gasteiger partial charge is 0.124 e. The van der Waals surface area contributed by atoms with Gasteiger partial charge in [0.05, 0.1) is 6.61 Å². The number of hydrogen-bond donors (Lipinski definition) is 1. The Labute approximate surface area is 117 Å². The number of nitrogens with one attached hydrogen (secondary N) is 1. The van der Waals surface area contributed by atoms with Crippen LogP contribution in [0.3, 0.4) is 0 Å². The Morgan fingerprint density at radius 1 is 1.42 bits per heavy atom. The number of thiazole rings is 1. The maximum Gasteiger partial charge on any atom is 0.124 e. The van der Waals surface area contributed by atoms with E-state index in [4.69, 9.17) is 9.72 Å². The van der Waals surface area contributed by atoms with Gasteiger partial charge in [-0.2, -0.15) is 0 Å². The van der Waals surface area contributed by atoms with Gasteiger partial charge in [0.15, 0.2) is 0 Å². The van der Waals surface area contributed by atoms with Crippen molar-refractivity contribution >= 4 is 11.3 Å². The fraction of sp³-hybridized carbons (Fsp3) is 0.400. The molecular weight excluding hydrogens is 256 g/mol. The quantitative estimate of drug-likeness (QED) is 0.914. The maximum absolute atomic E-state index is 5.86. The van der Waals surface area contributed by atoms with Gasteiger partial charge in [-0.25, -0.2) is 4.98 Å². The summed E-state index contributed by atoms with van der Waals surface area (Å²) in [6.07, 6.45) is 0. The summed E-state index contributed by atoms with van der Waals surface area (Å²) in [4.78, 5) is 4.73. The Bertz CT molecular complexity index is 595. The summed E-state index contributed by atoms with van der Waals surface area (Å²) in [5.41, 5.74) is 2.02. The second-order valence-corrected chi connectivity index (χ2v) is 5.92. The molecule has 4 heteroatoms. The van der Waals surface area contributed by atoms with Crippen LogP contribution in [0.4, 0.5) is 0 Å². The minimum Gasteiger partial charge on any atom is -0.493 e. The van der Waals surface area contributed by atoms with Crippen LogP contribution < -0.4 is 10.1 Å². The van der Waals surface area contributed by atoms with Crippen molar-refractivity contribution in [3.63, 3.8) is 0 Å². The molecule has 0 bridgehead atoms. The van der Waals surface area contributed by atoms with E-state index in [0.29, 0.717) is 12.5 Å². The average Bonchev–Trinajstić information content (AvgIpc) is 2.86. The molecule has 100 valence electrons. The first kappa shape index (κ1) is 12.6. The summed E-state index contributed by atoms with van der Waals surface area (Å²) < 4.78 is 5.86. The molecule has 1 aromatic carbocycles. The zero-order valence-electron chi connectivity index (χ0n) is 11.4. The maximum atomic E-state index is 5.86. The van der Waals surface area contributed by atoms with Gasteiger partial charge in [-0.1, -0.05) is 25.1 Å². The van der Waals surface area contributed by atoms with Crippen LogP contribution in [-0.4, -0.2) is 18.6 Å². The minimum atomic E-state index is -0.242. The molecule has 1 N–H and O–H groups in total. The van der Waals surface area contributed by atoms with E-state index in [9.17, 15) is 0 Å². The predicted octanol–water partition coefficient (Wildman–Crippen LogP) is 2.94. The van der Waals surface area contributed by atoms with E-state index in [-0.39, 0.29) is 5.54 Å². The topological polar surface area (TPSA) is 34.2 Å². The van der Waals surface area contributed by atoms with E-state index in [1.165, 1.54) is 5.56 Å². The van der Waals surface area contributed by atoms with Gasteiger partial charge in [0, 0.05) is 22.6 Å². The van der Waals surface area contributed by atoms with Crippen molar-refractivity contribution in [2.75, 3.05) is 13.7 Å². The first-order valence-electron chi connectivity index (χ1n) is 6.52. The molecular formula is C15H18N2OS. The number of nitrogens with zero attached hydrogens (tertiary/aromatic N) is 1. The lowest BCUT2D eigenvalue weighted by molar-refractivity contribution is 0.146. The van der Waals surface area contributed by atoms with Gasteiger partial charge in [-0.05, 0) is 20.0 Å². The Balaban J connectivity index is 2.24. The molecule has 0 spiro atoms. The lowest BCUT2D eigenvalue weighted by Crippen LogP contribution is -2.51. The molecule has 1 aliphatic rings. The second kappa shape index (κ2) is 4.62. The van der Waals surface area contributed by atoms with Crippen LogP contribution in [0.1, 0.15) is 23.2 Å². The number of benzene rings is 1. The molecule has 3 rings (SSSR count). The lowest BCUT2D eigenvalue weighted by Gasteiger charge is -2.42. The van der Waals surface area contributed by atoms with Crippen LogP contribution in [0, 0.1) is 12.8 Å². The van der Waals surface area contributed by atoms with Crippen molar-refractivity contribution in [2.24, 2.45) is 5.92 Å². The van der Waals surface area contributed by atoms with E-state index in [2.05, 4.69) is 29.8 Å². The highest BCUT2D eigenvalue weighted by atomic mass is 32.1. The monoisotopic (exact) mass is 274 g/mol. The number of aromatic nitrogens is 1. The van der Waals surface area contributed by atoms with Gasteiger partial charge in [0.25, 0.3) is 0 Å². The molecule has 2 heterocycles. The van der Waals surface area contributed by atoms with Crippen molar-refractivity contribution in [3.8, 4) is 5.75 Å². The summed E-state index contributed by atoms with van der Waals surface area (Å²) in [5.74, 6) is 1.29. The van der Waals surface area contributed by atoms with E-state index in [1.54, 1.807) is 11.3 Å². The Morgan fingerprint density at radius 2 is 2.21 bits per heavy atom. The van der Waals surface area contributed by atoms with Crippen molar-refractivity contribution in [1.29, 1.82) is 0 Å². The molecule has 0 fully saturated rings. The number of aryl methyl sites for hydroxylation is 1. The second-order valence-electron chi connectivity index (χ2n) is 5.06. The molecule has 2 atom stereocenters. The van der Waals surface area contributed by atoms with Gasteiger partial charge < -0.3 is 10.1 Å². The molecule has 19 heavy (non-hydrogen) atoms. The van der Waals surface area contributed by atoms with Crippen LogP contribution in [0.15, 0.2) is 29.6 Å². The molecule has 2 aromatic rings. The SMILES string of the molecule is CNC1(c2nc(C)cs2)c2ccccc2OCC1C. The van der Waals surface area contributed by atoms with Gasteiger partial charge in [-0.15, -0.1) is 11.3 Å². The van der Waals surface area contributed by atoms with Crippen LogP contribution >= 0.6 is 11.3 Å². The molecule has 0 amide bonds. The Morgan fingerprint density at radius 3 is 2.89 bits per heavy atom. The van der Waals surface area contributed by atoms with Crippen LogP contribution in [0.25, 0.3) is 0 Å². The van der Waals surface area contributed by atoms with Crippen molar-refractivity contribution in [3.05, 3.63) is 45.9 Å². The first-order chi connectivity index (χ1) is 9.18. The standard InChI is InChI=1S/C15H18N2OS/c1-10-8-18-13-7-5-4-6-12(13)15(10,16-3)14-17-11(2)9-19-14/h4-7,9-10,16H,8H2,1-3H3. The van der Waals surface area contributed by atoms with E-state index in [1.807, 2.05) is 26.1 Å². The number of fused-ring (bicyclic) bond motifs is 1. The third kappa shape index (κ3) is 1.78. The third-order valence-electron chi connectivity index (χ3n) is 3.89. The molecule has 0 aliphatic carbocycles. The Kier molecular flexibility index (Phi) is 3.07. The van der Waals surface area contributed by atoms with Crippen LogP contribution in [-0.2, 0) is 5.54 Å². The molecule has 3 nitrogen and oxygen atoms in total. The molecule has 0 radical (unpaired) electrons. The zero-order valence-corrected chi connectivity index (χ0v) is 12.3. The van der Waals surface area contributed by atoms with Gasteiger partial charge in [0.2, 0.25) is 0 Å². The highest BCUT2D eigenvalue weighted by Crippen LogP contribution is 2.45. The van der Waals surface area contributed by atoms with Gasteiger partial charge in [-0.3, -0.25) is 0 Å². The normalized spacial score (nSPS) is 25.7. The summed E-state index contributed by atoms with van der Waals surface area (Å²) in [5, 5.41) is 6.75. The molecule has 1 aliphatic heterocycles. The van der Waals surface area contributed by atoms with E-state index < -0.39 is 0 Å². The summed E-state index contributed by atoms with van der Waals surface area (Å²) >= 11 is 1.72. The predicted molar refractivity (Wildman–Crippen MR) is 77.8 cm³/mol. The highest BCUT2D eigenvalue weighted by Gasteiger charge is 2.45. The van der Waals surface area contributed by atoms with E-state index in [0.717, 1.165) is 16.5 Å². The van der Waals surface area contributed by atoms with Crippen molar-refractivity contribution in [1.82, 2.24) is 10.3 Å². The zero-order chi connectivity index (χ0) is 13.5. The Hall–Kier alpha value is -1.39. The van der Waals surface area contributed by atoms with Gasteiger partial charge >= 0.3 is 0 Å². The molecule has 0 saturated carbocycles. The fourth-order valence-electron chi connectivity index (χ4n) is 2.87. The minimum absolute atomic E-state index is 0.242. The van der Waals surface area contributed by atoms with Crippen molar-refractivity contribution in [2.45, 2.75) is 19.4 Å². The highest BCUT2D eigenvalue weighted by molar-refractivity contribution is 7.09. The van der Waals surface area contributed by atoms with Crippen LogP contribution in [0.5, 0.6) is 5.75 Å². The summed E-state index contributed by atoms with van der Waals surface area (Å²) in [6.45, 7) is 4.96.